The van der Waals surface area contributed by atoms with Crippen LogP contribution < -0.4 is 9.47 Å². The van der Waals surface area contributed by atoms with Crippen LogP contribution in [0.15, 0.2) is 22.7 Å². The zero-order valence-corrected chi connectivity index (χ0v) is 10.8. The molecule has 1 aliphatic heterocycles. The minimum Gasteiger partial charge on any atom is -0.486 e. The van der Waals surface area contributed by atoms with Gasteiger partial charge in [0.2, 0.25) is 0 Å². The van der Waals surface area contributed by atoms with Gasteiger partial charge in [0.05, 0.1) is 11.1 Å². The monoisotopic (exact) mass is 315 g/mol. The SMILES string of the molecule is O=C(O)c1cc(-c2c(C(F)(F)F)ccc3c2OCCO3)on1. The first-order valence-corrected chi connectivity index (χ1v) is 6.08. The Morgan fingerprint density at radius 1 is 1.23 bits per heavy atom. The van der Waals surface area contributed by atoms with Crippen LogP contribution in [0, 0.1) is 0 Å². The molecule has 6 nitrogen and oxygen atoms in total. The lowest BCUT2D eigenvalue weighted by Gasteiger charge is -2.22. The van der Waals surface area contributed by atoms with Gasteiger partial charge in [0.25, 0.3) is 0 Å². The van der Waals surface area contributed by atoms with Crippen molar-refractivity contribution in [1.29, 1.82) is 0 Å². The van der Waals surface area contributed by atoms with Crippen LogP contribution in [0.4, 0.5) is 13.2 Å². The van der Waals surface area contributed by atoms with Gasteiger partial charge in [-0.2, -0.15) is 13.2 Å². The molecule has 22 heavy (non-hydrogen) atoms. The molecule has 2 aromatic rings. The highest BCUT2D eigenvalue weighted by Gasteiger charge is 2.38. The second-order valence-electron chi connectivity index (χ2n) is 4.39. The summed E-state index contributed by atoms with van der Waals surface area (Å²) in [6, 6.07) is 2.88. The molecule has 0 fully saturated rings. The van der Waals surface area contributed by atoms with Gasteiger partial charge in [-0.3, -0.25) is 0 Å². The van der Waals surface area contributed by atoms with E-state index < -0.39 is 29.0 Å². The highest BCUT2D eigenvalue weighted by atomic mass is 19.4. The average molecular weight is 315 g/mol. The molecular weight excluding hydrogens is 307 g/mol. The van der Waals surface area contributed by atoms with E-state index in [0.717, 1.165) is 18.2 Å². The zero-order chi connectivity index (χ0) is 15.9. The first-order chi connectivity index (χ1) is 10.4. The summed E-state index contributed by atoms with van der Waals surface area (Å²) in [5, 5.41) is 12.0. The fourth-order valence-electron chi connectivity index (χ4n) is 2.09. The third-order valence-electron chi connectivity index (χ3n) is 2.99. The van der Waals surface area contributed by atoms with Crippen molar-refractivity contribution in [3.8, 4) is 22.8 Å². The van der Waals surface area contributed by atoms with E-state index >= 15 is 0 Å². The highest BCUT2D eigenvalue weighted by Crippen LogP contribution is 2.47. The van der Waals surface area contributed by atoms with Crippen LogP contribution in [0.5, 0.6) is 11.5 Å². The van der Waals surface area contributed by atoms with E-state index in [1.165, 1.54) is 0 Å². The van der Waals surface area contributed by atoms with Gasteiger partial charge in [0.1, 0.15) is 13.2 Å². The number of aromatic carboxylic acids is 1. The van der Waals surface area contributed by atoms with Crippen LogP contribution in [-0.4, -0.2) is 29.4 Å². The molecule has 0 bridgehead atoms. The molecule has 116 valence electrons. The molecular formula is C13H8F3NO5. The lowest BCUT2D eigenvalue weighted by Crippen LogP contribution is -2.18. The fourth-order valence-corrected chi connectivity index (χ4v) is 2.09. The van der Waals surface area contributed by atoms with E-state index in [2.05, 4.69) is 5.16 Å². The van der Waals surface area contributed by atoms with Crippen LogP contribution in [0.2, 0.25) is 0 Å². The lowest BCUT2D eigenvalue weighted by molar-refractivity contribution is -0.137. The summed E-state index contributed by atoms with van der Waals surface area (Å²) in [7, 11) is 0. The van der Waals surface area contributed by atoms with Crippen molar-refractivity contribution in [2.45, 2.75) is 6.18 Å². The Balaban J connectivity index is 2.24. The second-order valence-corrected chi connectivity index (χ2v) is 4.39. The number of nitrogens with zero attached hydrogens (tertiary/aromatic N) is 1. The van der Waals surface area contributed by atoms with Crippen molar-refractivity contribution in [3.05, 3.63) is 29.5 Å². The first-order valence-electron chi connectivity index (χ1n) is 6.08. The quantitative estimate of drug-likeness (QED) is 0.917. The lowest BCUT2D eigenvalue weighted by atomic mass is 10.0. The third kappa shape index (κ3) is 2.34. The number of ether oxygens (including phenoxy) is 2. The van der Waals surface area contributed by atoms with Crippen LogP contribution in [0.3, 0.4) is 0 Å². The number of aromatic nitrogens is 1. The van der Waals surface area contributed by atoms with Gasteiger partial charge in [-0.15, -0.1) is 0 Å². The summed E-state index contributed by atoms with van der Waals surface area (Å²) < 4.78 is 54.8. The molecule has 2 heterocycles. The number of halogens is 3. The molecule has 1 aromatic heterocycles. The number of hydrogen-bond acceptors (Lipinski definition) is 5. The van der Waals surface area contributed by atoms with Gasteiger partial charge in [0.15, 0.2) is 23.0 Å². The van der Waals surface area contributed by atoms with Gasteiger partial charge in [-0.05, 0) is 12.1 Å². The Bertz CT molecular complexity index is 738. The predicted molar refractivity (Wildman–Crippen MR) is 64.9 cm³/mol. The summed E-state index contributed by atoms with van der Waals surface area (Å²) in [4.78, 5) is 10.8. The molecule has 1 aliphatic rings. The summed E-state index contributed by atoms with van der Waals surface area (Å²) in [6.07, 6.45) is -4.68. The van der Waals surface area contributed by atoms with Gasteiger partial charge < -0.3 is 19.1 Å². The maximum Gasteiger partial charge on any atom is 0.417 e. The summed E-state index contributed by atoms with van der Waals surface area (Å²) >= 11 is 0. The number of carbonyl (C=O) groups is 1. The molecule has 0 radical (unpaired) electrons. The van der Waals surface area contributed by atoms with Crippen LogP contribution in [0.1, 0.15) is 16.1 Å². The van der Waals surface area contributed by atoms with Crippen LogP contribution >= 0.6 is 0 Å². The summed E-state index contributed by atoms with van der Waals surface area (Å²) in [6.45, 7) is 0.274. The third-order valence-corrected chi connectivity index (χ3v) is 2.99. The van der Waals surface area contributed by atoms with Crippen molar-refractivity contribution in [3.63, 3.8) is 0 Å². The highest BCUT2D eigenvalue weighted by molar-refractivity contribution is 5.87. The van der Waals surface area contributed by atoms with Gasteiger partial charge in [-0.25, -0.2) is 4.79 Å². The molecule has 0 saturated carbocycles. The van der Waals surface area contributed by atoms with Gasteiger partial charge in [0, 0.05) is 6.07 Å². The number of carboxylic acids is 1. The average Bonchev–Trinajstić information content (AvgIpc) is 2.94. The number of hydrogen-bond donors (Lipinski definition) is 1. The smallest absolute Gasteiger partial charge is 0.417 e. The Morgan fingerprint density at radius 3 is 2.59 bits per heavy atom. The molecule has 0 spiro atoms. The van der Waals surface area contributed by atoms with E-state index in [1.54, 1.807) is 0 Å². The zero-order valence-electron chi connectivity index (χ0n) is 10.8. The predicted octanol–water partition coefficient (Wildman–Crippen LogP) is 2.83. The second kappa shape index (κ2) is 4.93. The van der Waals surface area contributed by atoms with E-state index in [4.69, 9.17) is 19.1 Å². The molecule has 0 amide bonds. The van der Waals surface area contributed by atoms with E-state index in [1.807, 2.05) is 0 Å². The fraction of sp³-hybridized carbons (Fsp3) is 0.231. The molecule has 0 unspecified atom stereocenters. The van der Waals surface area contributed by atoms with E-state index in [0.29, 0.717) is 0 Å². The maximum atomic E-state index is 13.2. The maximum absolute atomic E-state index is 13.2. The van der Waals surface area contributed by atoms with Crippen molar-refractivity contribution in [2.75, 3.05) is 13.2 Å². The molecule has 3 rings (SSSR count). The first kappa shape index (κ1) is 14.2. The summed E-state index contributed by atoms with van der Waals surface area (Å²) in [5.41, 5.74) is -1.95. The number of benzene rings is 1. The van der Waals surface area contributed by atoms with Crippen molar-refractivity contribution in [2.24, 2.45) is 0 Å². The summed E-state index contributed by atoms with van der Waals surface area (Å²) in [5.74, 6) is -1.78. The Morgan fingerprint density at radius 2 is 1.95 bits per heavy atom. The van der Waals surface area contributed by atoms with E-state index in [9.17, 15) is 18.0 Å². The van der Waals surface area contributed by atoms with Crippen molar-refractivity contribution in [1.82, 2.24) is 5.16 Å². The molecule has 0 atom stereocenters. The number of alkyl halides is 3. The van der Waals surface area contributed by atoms with Gasteiger partial charge >= 0.3 is 12.1 Å². The van der Waals surface area contributed by atoms with Crippen LogP contribution in [-0.2, 0) is 6.18 Å². The topological polar surface area (TPSA) is 81.8 Å². The van der Waals surface area contributed by atoms with Gasteiger partial charge in [-0.1, -0.05) is 5.16 Å². The molecule has 1 N–H and O–H groups in total. The van der Waals surface area contributed by atoms with Crippen LogP contribution in [0.25, 0.3) is 11.3 Å². The number of carboxylic acid groups (broad SMARTS) is 1. The standard InChI is InChI=1S/C13H8F3NO5/c14-13(15,16)6-1-2-8-11(21-4-3-20-8)10(6)9-5-7(12(18)19)17-22-9/h1-2,5H,3-4H2,(H,18,19). The number of rotatable bonds is 2. The minimum atomic E-state index is -4.68. The Kier molecular flexibility index (Phi) is 3.19. The largest absolute Gasteiger partial charge is 0.486 e. The normalized spacial score (nSPS) is 14.0. The van der Waals surface area contributed by atoms with Crippen molar-refractivity contribution < 1.29 is 37.1 Å². The van der Waals surface area contributed by atoms with E-state index in [-0.39, 0.29) is 30.5 Å². The molecule has 0 aliphatic carbocycles. The Hall–Kier alpha value is -2.71. The molecule has 1 aromatic carbocycles. The Labute approximate surface area is 121 Å². The molecule has 9 heteroatoms. The molecule has 0 saturated heterocycles. The number of fused-ring (bicyclic) bond motifs is 1. The van der Waals surface area contributed by atoms with Crippen molar-refractivity contribution >= 4 is 5.97 Å². The minimum absolute atomic E-state index is 0.0707.